The van der Waals surface area contributed by atoms with Crippen molar-refractivity contribution in [3.05, 3.63) is 34.9 Å². The van der Waals surface area contributed by atoms with Gasteiger partial charge in [0.25, 0.3) is 0 Å². The average molecular weight is 364 g/mol. The summed E-state index contributed by atoms with van der Waals surface area (Å²) in [5, 5.41) is 0.694. The Morgan fingerprint density at radius 1 is 1.16 bits per heavy atom. The number of halogens is 1. The molecule has 3 rings (SSSR count). The molecule has 1 aliphatic carbocycles. The number of rotatable bonds is 4. The van der Waals surface area contributed by atoms with Gasteiger partial charge in [-0.05, 0) is 50.3 Å². The van der Waals surface area contributed by atoms with Crippen molar-refractivity contribution in [2.75, 3.05) is 19.7 Å². The first-order chi connectivity index (χ1) is 12.1. The molecule has 0 radical (unpaired) electrons. The molecule has 4 nitrogen and oxygen atoms in total. The summed E-state index contributed by atoms with van der Waals surface area (Å²) in [6.45, 7) is 3.51. The monoisotopic (exact) mass is 363 g/mol. The second kappa shape index (κ2) is 7.77. The van der Waals surface area contributed by atoms with E-state index in [1.165, 1.54) is 0 Å². The summed E-state index contributed by atoms with van der Waals surface area (Å²) >= 11 is 6.02. The average Bonchev–Trinajstić information content (AvgIpc) is 3.13. The zero-order valence-electron chi connectivity index (χ0n) is 14.8. The molecule has 2 fully saturated rings. The van der Waals surface area contributed by atoms with Gasteiger partial charge < -0.3 is 9.64 Å². The third-order valence-corrected chi connectivity index (χ3v) is 5.92. The molecule has 0 bridgehead atoms. The van der Waals surface area contributed by atoms with Crippen LogP contribution in [0.5, 0.6) is 0 Å². The smallest absolute Gasteiger partial charge is 0.309 e. The number of nitrogens with zero attached hydrogens (tertiary/aromatic N) is 1. The van der Waals surface area contributed by atoms with Crippen LogP contribution >= 0.6 is 11.6 Å². The van der Waals surface area contributed by atoms with Crippen LogP contribution in [0.1, 0.15) is 51.0 Å². The highest BCUT2D eigenvalue weighted by molar-refractivity contribution is 6.30. The molecule has 1 saturated carbocycles. The van der Waals surface area contributed by atoms with E-state index < -0.39 is 5.41 Å². The second-order valence-corrected chi connectivity index (χ2v) is 7.55. The number of likely N-dealkylation sites (tertiary alicyclic amines) is 1. The zero-order valence-corrected chi connectivity index (χ0v) is 15.6. The predicted molar refractivity (Wildman–Crippen MR) is 97.5 cm³/mol. The lowest BCUT2D eigenvalue weighted by molar-refractivity contribution is -0.152. The fourth-order valence-corrected chi connectivity index (χ4v) is 4.38. The topological polar surface area (TPSA) is 46.6 Å². The highest BCUT2D eigenvalue weighted by Crippen LogP contribution is 2.43. The lowest BCUT2D eigenvalue weighted by atomic mass is 9.77. The van der Waals surface area contributed by atoms with Crippen molar-refractivity contribution in [2.45, 2.75) is 50.9 Å². The Kier molecular flexibility index (Phi) is 5.67. The SMILES string of the molecule is CCOC(=O)C1CCN(C(=O)C2(c3ccc(Cl)cc3)CCCC2)CC1. The van der Waals surface area contributed by atoms with E-state index in [-0.39, 0.29) is 17.8 Å². The molecular formula is C20H26ClNO3. The Morgan fingerprint density at radius 3 is 2.32 bits per heavy atom. The minimum Gasteiger partial charge on any atom is -0.466 e. The Bertz CT molecular complexity index is 614. The predicted octanol–water partition coefficient (Wildman–Crippen LogP) is 3.95. The van der Waals surface area contributed by atoms with Gasteiger partial charge in [0.15, 0.2) is 0 Å². The van der Waals surface area contributed by atoms with Crippen LogP contribution in [0, 0.1) is 5.92 Å². The summed E-state index contributed by atoms with van der Waals surface area (Å²) in [5.41, 5.74) is 0.661. The largest absolute Gasteiger partial charge is 0.466 e. The quantitative estimate of drug-likeness (QED) is 0.761. The molecule has 136 valence electrons. The Labute approximate surface area is 154 Å². The molecule has 1 heterocycles. The molecule has 0 N–H and O–H groups in total. The van der Waals surface area contributed by atoms with Crippen LogP contribution in [-0.2, 0) is 19.7 Å². The normalized spacial score (nSPS) is 20.5. The maximum absolute atomic E-state index is 13.4. The summed E-state index contributed by atoms with van der Waals surface area (Å²) in [4.78, 5) is 27.2. The van der Waals surface area contributed by atoms with Crippen LogP contribution in [0.25, 0.3) is 0 Å². The standard InChI is InChI=1S/C20H26ClNO3/c1-2-25-18(23)15-9-13-22(14-10-15)19(24)20(11-3-4-12-20)16-5-7-17(21)8-6-16/h5-8,15H,2-4,9-14H2,1H3. The van der Waals surface area contributed by atoms with E-state index in [4.69, 9.17) is 16.3 Å². The van der Waals surface area contributed by atoms with E-state index in [1.54, 1.807) is 0 Å². The number of hydrogen-bond acceptors (Lipinski definition) is 3. The van der Waals surface area contributed by atoms with Crippen LogP contribution in [0.3, 0.4) is 0 Å². The fraction of sp³-hybridized carbons (Fsp3) is 0.600. The summed E-state index contributed by atoms with van der Waals surface area (Å²) in [5.74, 6) is 0.0246. The molecule has 1 saturated heterocycles. The second-order valence-electron chi connectivity index (χ2n) is 7.11. The minimum absolute atomic E-state index is 0.0703. The zero-order chi connectivity index (χ0) is 17.9. The number of amides is 1. The van der Waals surface area contributed by atoms with Gasteiger partial charge in [0.05, 0.1) is 17.9 Å². The molecule has 5 heteroatoms. The number of piperidine rings is 1. The van der Waals surface area contributed by atoms with Crippen molar-refractivity contribution in [3.8, 4) is 0 Å². The first-order valence-corrected chi connectivity index (χ1v) is 9.66. The van der Waals surface area contributed by atoms with Crippen molar-refractivity contribution >= 4 is 23.5 Å². The van der Waals surface area contributed by atoms with Gasteiger partial charge in [0.2, 0.25) is 5.91 Å². The van der Waals surface area contributed by atoms with Crippen molar-refractivity contribution in [3.63, 3.8) is 0 Å². The van der Waals surface area contributed by atoms with E-state index in [2.05, 4.69) is 0 Å². The van der Waals surface area contributed by atoms with Gasteiger partial charge in [0.1, 0.15) is 0 Å². The Balaban J connectivity index is 1.72. The van der Waals surface area contributed by atoms with Crippen molar-refractivity contribution in [1.29, 1.82) is 0 Å². The summed E-state index contributed by atoms with van der Waals surface area (Å²) < 4.78 is 5.12. The van der Waals surface area contributed by atoms with E-state index in [0.29, 0.717) is 37.6 Å². The highest BCUT2D eigenvalue weighted by atomic mass is 35.5. The van der Waals surface area contributed by atoms with Crippen LogP contribution < -0.4 is 0 Å². The van der Waals surface area contributed by atoms with Gasteiger partial charge in [-0.1, -0.05) is 36.6 Å². The molecular weight excluding hydrogens is 338 g/mol. The lowest BCUT2D eigenvalue weighted by Gasteiger charge is -2.38. The molecule has 2 aliphatic rings. The highest BCUT2D eigenvalue weighted by Gasteiger charge is 2.45. The Morgan fingerprint density at radius 2 is 1.76 bits per heavy atom. The van der Waals surface area contributed by atoms with Crippen molar-refractivity contribution in [2.24, 2.45) is 5.92 Å². The summed E-state index contributed by atoms with van der Waals surface area (Å²) in [7, 11) is 0. The molecule has 0 atom stereocenters. The number of hydrogen-bond donors (Lipinski definition) is 0. The lowest BCUT2D eigenvalue weighted by Crippen LogP contribution is -2.49. The molecule has 0 spiro atoms. The van der Waals surface area contributed by atoms with Crippen molar-refractivity contribution < 1.29 is 14.3 Å². The van der Waals surface area contributed by atoms with E-state index >= 15 is 0 Å². The van der Waals surface area contributed by atoms with Gasteiger partial charge >= 0.3 is 5.97 Å². The molecule has 25 heavy (non-hydrogen) atoms. The summed E-state index contributed by atoms with van der Waals surface area (Å²) in [6.07, 6.45) is 5.33. The van der Waals surface area contributed by atoms with Gasteiger partial charge in [-0.2, -0.15) is 0 Å². The molecule has 1 amide bonds. The molecule has 0 unspecified atom stereocenters. The number of benzene rings is 1. The van der Waals surface area contributed by atoms with E-state index in [0.717, 1.165) is 31.2 Å². The summed E-state index contributed by atoms with van der Waals surface area (Å²) in [6, 6.07) is 7.74. The molecule has 1 aromatic rings. The van der Waals surface area contributed by atoms with Crippen LogP contribution in [-0.4, -0.2) is 36.5 Å². The maximum atomic E-state index is 13.4. The van der Waals surface area contributed by atoms with Gasteiger partial charge in [0, 0.05) is 18.1 Å². The van der Waals surface area contributed by atoms with Gasteiger partial charge in [-0.3, -0.25) is 9.59 Å². The third kappa shape index (κ3) is 3.69. The third-order valence-electron chi connectivity index (χ3n) is 5.67. The molecule has 0 aromatic heterocycles. The number of carbonyl (C=O) groups excluding carboxylic acids is 2. The molecule has 1 aliphatic heterocycles. The molecule has 1 aromatic carbocycles. The van der Waals surface area contributed by atoms with Crippen LogP contribution in [0.2, 0.25) is 5.02 Å². The number of carbonyl (C=O) groups is 2. The first kappa shape index (κ1) is 18.2. The van der Waals surface area contributed by atoms with Crippen LogP contribution in [0.15, 0.2) is 24.3 Å². The maximum Gasteiger partial charge on any atom is 0.309 e. The van der Waals surface area contributed by atoms with Crippen LogP contribution in [0.4, 0.5) is 0 Å². The van der Waals surface area contributed by atoms with Gasteiger partial charge in [-0.25, -0.2) is 0 Å². The van der Waals surface area contributed by atoms with E-state index in [9.17, 15) is 9.59 Å². The number of esters is 1. The fourth-order valence-electron chi connectivity index (χ4n) is 4.25. The van der Waals surface area contributed by atoms with Gasteiger partial charge in [-0.15, -0.1) is 0 Å². The Hall–Kier alpha value is -1.55. The number of ether oxygens (including phenoxy) is 1. The minimum atomic E-state index is -0.415. The van der Waals surface area contributed by atoms with Crippen molar-refractivity contribution in [1.82, 2.24) is 4.90 Å². The van der Waals surface area contributed by atoms with E-state index in [1.807, 2.05) is 36.1 Å². The first-order valence-electron chi connectivity index (χ1n) is 9.29.